The molecule has 7 heteroatoms. The molecule has 1 amide bonds. The van der Waals surface area contributed by atoms with Crippen molar-refractivity contribution in [1.29, 1.82) is 0 Å². The maximum atomic E-state index is 12.4. The Morgan fingerprint density at radius 2 is 2.23 bits per heavy atom. The third kappa shape index (κ3) is 3.11. The molecule has 0 aliphatic carbocycles. The van der Waals surface area contributed by atoms with Crippen molar-refractivity contribution in [3.05, 3.63) is 65.1 Å². The second kappa shape index (κ2) is 6.72. The number of amides is 1. The van der Waals surface area contributed by atoms with Crippen molar-refractivity contribution >= 4 is 28.4 Å². The third-order valence-electron chi connectivity index (χ3n) is 4.30. The normalized spacial score (nSPS) is 11.2. The maximum Gasteiger partial charge on any atom is 0.271 e. The molecule has 0 atom stereocenters. The first-order valence-electron chi connectivity index (χ1n) is 8.23. The predicted molar refractivity (Wildman–Crippen MR) is 100 cm³/mol. The number of hydrogen-bond donors (Lipinski definition) is 2. The summed E-state index contributed by atoms with van der Waals surface area (Å²) in [6.07, 6.45) is 4.24. The van der Waals surface area contributed by atoms with E-state index in [-0.39, 0.29) is 5.91 Å². The number of aryl methyl sites for hydroxylation is 1. The Hall–Kier alpha value is -2.99. The Bertz CT molecular complexity index is 1060. The lowest BCUT2D eigenvalue weighted by molar-refractivity contribution is 0.0948. The van der Waals surface area contributed by atoms with E-state index in [0.717, 1.165) is 22.2 Å². The highest BCUT2D eigenvalue weighted by molar-refractivity contribution is 6.31. The summed E-state index contributed by atoms with van der Waals surface area (Å²) >= 11 is 6.07. The van der Waals surface area contributed by atoms with E-state index in [0.29, 0.717) is 29.4 Å². The minimum atomic E-state index is -0.212. The standard InChI is InChI=1S/C19H17ClN4O2/c1-24-17(18-3-2-8-26-18)10-16(23-24)19(25)21-7-6-12-11-22-15-5-4-13(20)9-14(12)15/h2-5,8-11,22H,6-7H2,1H3,(H,21,25). The van der Waals surface area contributed by atoms with Crippen LogP contribution in [-0.4, -0.2) is 27.2 Å². The average molecular weight is 369 g/mol. The molecule has 132 valence electrons. The number of nitrogens with zero attached hydrogens (tertiary/aromatic N) is 2. The number of aromatic amines is 1. The van der Waals surface area contributed by atoms with Crippen molar-refractivity contribution < 1.29 is 9.21 Å². The first kappa shape index (κ1) is 16.5. The van der Waals surface area contributed by atoms with Gasteiger partial charge in [-0.1, -0.05) is 11.6 Å². The monoisotopic (exact) mass is 368 g/mol. The zero-order valence-corrected chi connectivity index (χ0v) is 14.9. The van der Waals surface area contributed by atoms with E-state index < -0.39 is 0 Å². The van der Waals surface area contributed by atoms with Gasteiger partial charge in [0.25, 0.3) is 5.91 Å². The van der Waals surface area contributed by atoms with Crippen LogP contribution >= 0.6 is 11.6 Å². The van der Waals surface area contributed by atoms with Gasteiger partial charge in [-0.2, -0.15) is 5.10 Å². The fourth-order valence-electron chi connectivity index (χ4n) is 2.99. The van der Waals surface area contributed by atoms with Crippen LogP contribution in [0.4, 0.5) is 0 Å². The van der Waals surface area contributed by atoms with Gasteiger partial charge in [0.1, 0.15) is 5.69 Å². The number of rotatable bonds is 5. The highest BCUT2D eigenvalue weighted by Crippen LogP contribution is 2.23. The number of furan rings is 1. The molecule has 0 radical (unpaired) electrons. The van der Waals surface area contributed by atoms with Crippen molar-refractivity contribution in [2.45, 2.75) is 6.42 Å². The van der Waals surface area contributed by atoms with Crippen molar-refractivity contribution in [3.63, 3.8) is 0 Å². The highest BCUT2D eigenvalue weighted by atomic mass is 35.5. The lowest BCUT2D eigenvalue weighted by atomic mass is 10.1. The van der Waals surface area contributed by atoms with E-state index in [2.05, 4.69) is 15.4 Å². The van der Waals surface area contributed by atoms with Gasteiger partial charge in [0, 0.05) is 41.8 Å². The predicted octanol–water partition coefficient (Wildman–Crippen LogP) is 3.79. The summed E-state index contributed by atoms with van der Waals surface area (Å²) in [6.45, 7) is 0.505. The molecule has 26 heavy (non-hydrogen) atoms. The van der Waals surface area contributed by atoms with Crippen LogP contribution in [0.15, 0.2) is 53.3 Å². The maximum absolute atomic E-state index is 12.4. The number of carbonyl (C=O) groups is 1. The molecule has 4 aromatic rings. The van der Waals surface area contributed by atoms with Crippen LogP contribution in [0.2, 0.25) is 5.02 Å². The Kier molecular flexibility index (Phi) is 4.26. The fourth-order valence-corrected chi connectivity index (χ4v) is 3.16. The van der Waals surface area contributed by atoms with Crippen molar-refractivity contribution in [2.75, 3.05) is 6.54 Å². The summed E-state index contributed by atoms with van der Waals surface area (Å²) in [7, 11) is 1.78. The number of halogens is 1. The van der Waals surface area contributed by atoms with Gasteiger partial charge in [-0.05, 0) is 42.3 Å². The molecular weight excluding hydrogens is 352 g/mol. The Morgan fingerprint density at radius 3 is 3.04 bits per heavy atom. The van der Waals surface area contributed by atoms with Gasteiger partial charge in [-0.25, -0.2) is 0 Å². The van der Waals surface area contributed by atoms with Gasteiger partial charge >= 0.3 is 0 Å². The van der Waals surface area contributed by atoms with E-state index in [4.69, 9.17) is 16.0 Å². The van der Waals surface area contributed by atoms with Crippen LogP contribution in [0.5, 0.6) is 0 Å². The summed E-state index contributed by atoms with van der Waals surface area (Å²) < 4.78 is 7.00. The van der Waals surface area contributed by atoms with Crippen LogP contribution < -0.4 is 5.32 Å². The summed E-state index contributed by atoms with van der Waals surface area (Å²) in [5.74, 6) is 0.464. The Labute approximate surface area is 154 Å². The SMILES string of the molecule is Cn1nc(C(=O)NCCc2c[nH]c3ccc(Cl)cc23)cc1-c1ccco1. The molecule has 4 rings (SSSR count). The minimum Gasteiger partial charge on any atom is -0.463 e. The van der Waals surface area contributed by atoms with Gasteiger partial charge in [0.2, 0.25) is 0 Å². The molecule has 3 aromatic heterocycles. The average Bonchev–Trinajstić information content (AvgIpc) is 3.34. The van der Waals surface area contributed by atoms with E-state index in [1.165, 1.54) is 0 Å². The summed E-state index contributed by atoms with van der Waals surface area (Å²) in [4.78, 5) is 15.6. The number of benzene rings is 1. The molecule has 0 aliphatic rings. The second-order valence-corrected chi connectivity index (χ2v) is 6.46. The van der Waals surface area contributed by atoms with E-state index in [9.17, 15) is 4.79 Å². The van der Waals surface area contributed by atoms with E-state index >= 15 is 0 Å². The first-order valence-corrected chi connectivity index (χ1v) is 8.61. The molecule has 0 saturated heterocycles. The highest BCUT2D eigenvalue weighted by Gasteiger charge is 2.15. The number of aromatic nitrogens is 3. The number of fused-ring (bicyclic) bond motifs is 1. The fraction of sp³-hybridized carbons (Fsp3) is 0.158. The Morgan fingerprint density at radius 1 is 1.35 bits per heavy atom. The van der Waals surface area contributed by atoms with E-state index in [1.54, 1.807) is 30.1 Å². The summed E-state index contributed by atoms with van der Waals surface area (Å²) in [6, 6.07) is 11.1. The first-order chi connectivity index (χ1) is 12.6. The molecule has 3 heterocycles. The topological polar surface area (TPSA) is 75.8 Å². The van der Waals surface area contributed by atoms with Gasteiger partial charge in [0.15, 0.2) is 11.5 Å². The molecule has 0 unspecified atom stereocenters. The molecule has 0 saturated carbocycles. The lowest BCUT2D eigenvalue weighted by Gasteiger charge is -2.03. The van der Waals surface area contributed by atoms with Crippen LogP contribution in [0.1, 0.15) is 16.1 Å². The molecule has 6 nitrogen and oxygen atoms in total. The third-order valence-corrected chi connectivity index (χ3v) is 4.53. The summed E-state index contributed by atoms with van der Waals surface area (Å²) in [5, 5.41) is 8.94. The van der Waals surface area contributed by atoms with Crippen molar-refractivity contribution in [1.82, 2.24) is 20.1 Å². The largest absolute Gasteiger partial charge is 0.463 e. The lowest BCUT2D eigenvalue weighted by Crippen LogP contribution is -2.26. The molecular formula is C19H17ClN4O2. The van der Waals surface area contributed by atoms with E-state index in [1.807, 2.05) is 30.5 Å². The smallest absolute Gasteiger partial charge is 0.271 e. The van der Waals surface area contributed by atoms with Gasteiger partial charge in [0.05, 0.1) is 6.26 Å². The summed E-state index contributed by atoms with van der Waals surface area (Å²) in [5.41, 5.74) is 3.26. The molecule has 0 fully saturated rings. The van der Waals surface area contributed by atoms with Gasteiger partial charge in [-0.3, -0.25) is 9.48 Å². The molecule has 0 spiro atoms. The van der Waals surface area contributed by atoms with Crippen molar-refractivity contribution in [2.24, 2.45) is 7.05 Å². The number of hydrogen-bond acceptors (Lipinski definition) is 3. The van der Waals surface area contributed by atoms with Gasteiger partial charge in [-0.15, -0.1) is 0 Å². The van der Waals surface area contributed by atoms with Crippen LogP contribution in [0, 0.1) is 0 Å². The molecule has 0 aliphatic heterocycles. The van der Waals surface area contributed by atoms with Crippen LogP contribution in [0.25, 0.3) is 22.4 Å². The molecule has 1 aromatic carbocycles. The Balaban J connectivity index is 1.43. The van der Waals surface area contributed by atoms with Crippen LogP contribution in [0.3, 0.4) is 0 Å². The zero-order valence-electron chi connectivity index (χ0n) is 14.1. The quantitative estimate of drug-likeness (QED) is 0.562. The molecule has 0 bridgehead atoms. The van der Waals surface area contributed by atoms with Crippen molar-refractivity contribution in [3.8, 4) is 11.5 Å². The number of carbonyl (C=O) groups excluding carboxylic acids is 1. The zero-order chi connectivity index (χ0) is 18.1. The van der Waals surface area contributed by atoms with Gasteiger partial charge < -0.3 is 14.7 Å². The number of H-pyrrole nitrogens is 1. The second-order valence-electron chi connectivity index (χ2n) is 6.03. The van der Waals surface area contributed by atoms with Crippen LogP contribution in [-0.2, 0) is 13.5 Å². The minimum absolute atomic E-state index is 0.212. The number of nitrogens with one attached hydrogen (secondary N) is 2. The molecule has 2 N–H and O–H groups in total.